The molecule has 0 unspecified atom stereocenters. The minimum Gasteiger partial charge on any atom is -0.457 e. The lowest BCUT2D eigenvalue weighted by Crippen LogP contribution is -2.13. The highest BCUT2D eigenvalue weighted by Gasteiger charge is 2.04. The molecule has 2 rings (SSSR count). The fraction of sp³-hybridized carbons (Fsp3) is 0.333. The van der Waals surface area contributed by atoms with Gasteiger partial charge in [0.25, 0.3) is 0 Å². The molecule has 0 aliphatic rings. The molecule has 3 nitrogen and oxygen atoms in total. The predicted octanol–water partition coefficient (Wildman–Crippen LogP) is 3.51. The maximum absolute atomic E-state index is 9.09. The standard InChI is InChI=1S/C18H23NO2/c1-2-12-19-14-15-7-9-17(10-8-15)21-18-6-4-3-5-16(18)11-13-20/h3-10,19-20H,2,11-14H2,1H3. The number of nitrogens with one attached hydrogen (secondary N) is 1. The van der Waals surface area contributed by atoms with E-state index in [-0.39, 0.29) is 6.61 Å². The first kappa shape index (κ1) is 15.5. The molecule has 0 bridgehead atoms. The molecular formula is C18H23NO2. The third-order valence-electron chi connectivity index (χ3n) is 3.26. The van der Waals surface area contributed by atoms with Crippen LogP contribution in [-0.4, -0.2) is 18.3 Å². The summed E-state index contributed by atoms with van der Waals surface area (Å²) in [6.07, 6.45) is 1.75. The molecule has 0 aliphatic carbocycles. The van der Waals surface area contributed by atoms with Crippen molar-refractivity contribution >= 4 is 0 Å². The Bertz CT molecular complexity index is 537. The van der Waals surface area contributed by atoms with E-state index in [0.29, 0.717) is 6.42 Å². The van der Waals surface area contributed by atoms with Gasteiger partial charge in [0.05, 0.1) is 0 Å². The minimum atomic E-state index is 0.127. The van der Waals surface area contributed by atoms with Gasteiger partial charge in [-0.15, -0.1) is 0 Å². The molecular weight excluding hydrogens is 262 g/mol. The first-order valence-electron chi connectivity index (χ1n) is 7.49. The van der Waals surface area contributed by atoms with Crippen LogP contribution in [0.2, 0.25) is 0 Å². The predicted molar refractivity (Wildman–Crippen MR) is 85.7 cm³/mol. The molecule has 0 heterocycles. The zero-order valence-electron chi connectivity index (χ0n) is 12.5. The molecule has 0 radical (unpaired) electrons. The summed E-state index contributed by atoms with van der Waals surface area (Å²) >= 11 is 0. The third kappa shape index (κ3) is 4.88. The Morgan fingerprint density at radius 3 is 2.52 bits per heavy atom. The van der Waals surface area contributed by atoms with Gasteiger partial charge in [-0.3, -0.25) is 0 Å². The van der Waals surface area contributed by atoms with Crippen LogP contribution in [-0.2, 0) is 13.0 Å². The molecule has 112 valence electrons. The number of hydrogen-bond acceptors (Lipinski definition) is 3. The summed E-state index contributed by atoms with van der Waals surface area (Å²) in [7, 11) is 0. The van der Waals surface area contributed by atoms with Crippen molar-refractivity contribution < 1.29 is 9.84 Å². The van der Waals surface area contributed by atoms with Gasteiger partial charge >= 0.3 is 0 Å². The second-order valence-electron chi connectivity index (χ2n) is 5.00. The number of aliphatic hydroxyl groups excluding tert-OH is 1. The van der Waals surface area contributed by atoms with Crippen LogP contribution in [0.5, 0.6) is 11.5 Å². The van der Waals surface area contributed by atoms with E-state index in [2.05, 4.69) is 24.4 Å². The maximum atomic E-state index is 9.09. The molecule has 2 aromatic rings. The Morgan fingerprint density at radius 2 is 1.81 bits per heavy atom. The van der Waals surface area contributed by atoms with Crippen LogP contribution >= 0.6 is 0 Å². The van der Waals surface area contributed by atoms with E-state index in [0.717, 1.165) is 36.6 Å². The average molecular weight is 285 g/mol. The van der Waals surface area contributed by atoms with Crippen LogP contribution in [0, 0.1) is 0 Å². The Hall–Kier alpha value is -1.84. The van der Waals surface area contributed by atoms with E-state index in [4.69, 9.17) is 9.84 Å². The van der Waals surface area contributed by atoms with Crippen LogP contribution < -0.4 is 10.1 Å². The number of para-hydroxylation sites is 1. The minimum absolute atomic E-state index is 0.127. The van der Waals surface area contributed by atoms with E-state index in [1.54, 1.807) is 0 Å². The molecule has 0 aliphatic heterocycles. The average Bonchev–Trinajstić information content (AvgIpc) is 2.51. The number of aliphatic hydroxyl groups is 1. The molecule has 0 aromatic heterocycles. The second kappa shape index (κ2) is 8.45. The lowest BCUT2D eigenvalue weighted by atomic mass is 10.1. The third-order valence-corrected chi connectivity index (χ3v) is 3.26. The van der Waals surface area contributed by atoms with Gasteiger partial charge in [-0.05, 0) is 48.7 Å². The monoisotopic (exact) mass is 285 g/mol. The lowest BCUT2D eigenvalue weighted by molar-refractivity contribution is 0.298. The zero-order chi connectivity index (χ0) is 14.9. The summed E-state index contributed by atoms with van der Waals surface area (Å²) in [4.78, 5) is 0. The molecule has 0 amide bonds. The van der Waals surface area contributed by atoms with Gasteiger partial charge in [0.1, 0.15) is 11.5 Å². The van der Waals surface area contributed by atoms with Crippen LogP contribution in [0.3, 0.4) is 0 Å². The molecule has 2 aromatic carbocycles. The van der Waals surface area contributed by atoms with Gasteiger partial charge < -0.3 is 15.2 Å². The van der Waals surface area contributed by atoms with Crippen molar-refractivity contribution in [2.75, 3.05) is 13.2 Å². The quantitative estimate of drug-likeness (QED) is 0.729. The van der Waals surface area contributed by atoms with Gasteiger partial charge in [0.15, 0.2) is 0 Å². The number of rotatable bonds is 8. The summed E-state index contributed by atoms with van der Waals surface area (Å²) < 4.78 is 5.91. The highest BCUT2D eigenvalue weighted by Crippen LogP contribution is 2.25. The zero-order valence-corrected chi connectivity index (χ0v) is 12.5. The van der Waals surface area contributed by atoms with E-state index < -0.39 is 0 Å². The van der Waals surface area contributed by atoms with Crippen molar-refractivity contribution in [3.63, 3.8) is 0 Å². The number of ether oxygens (including phenoxy) is 1. The van der Waals surface area contributed by atoms with Gasteiger partial charge in [-0.1, -0.05) is 37.3 Å². The summed E-state index contributed by atoms with van der Waals surface area (Å²) in [6, 6.07) is 15.9. The molecule has 2 N–H and O–H groups in total. The summed E-state index contributed by atoms with van der Waals surface area (Å²) in [6.45, 7) is 4.21. The highest BCUT2D eigenvalue weighted by molar-refractivity contribution is 5.38. The van der Waals surface area contributed by atoms with Crippen LogP contribution in [0.4, 0.5) is 0 Å². The molecule has 0 atom stereocenters. The topological polar surface area (TPSA) is 41.5 Å². The SMILES string of the molecule is CCCNCc1ccc(Oc2ccccc2CCO)cc1. The molecule has 0 fully saturated rings. The van der Waals surface area contributed by atoms with Crippen molar-refractivity contribution in [1.29, 1.82) is 0 Å². The van der Waals surface area contributed by atoms with Crippen molar-refractivity contribution in [3.8, 4) is 11.5 Å². The molecule has 0 spiro atoms. The summed E-state index contributed by atoms with van der Waals surface area (Å²) in [5.74, 6) is 1.63. The van der Waals surface area contributed by atoms with Crippen molar-refractivity contribution in [2.45, 2.75) is 26.3 Å². The molecule has 0 saturated carbocycles. The van der Waals surface area contributed by atoms with E-state index in [1.165, 1.54) is 5.56 Å². The second-order valence-corrected chi connectivity index (χ2v) is 5.00. The van der Waals surface area contributed by atoms with Crippen LogP contribution in [0.15, 0.2) is 48.5 Å². The number of hydrogen-bond donors (Lipinski definition) is 2. The van der Waals surface area contributed by atoms with E-state index >= 15 is 0 Å². The van der Waals surface area contributed by atoms with Gasteiger partial charge in [-0.25, -0.2) is 0 Å². The lowest BCUT2D eigenvalue weighted by Gasteiger charge is -2.11. The molecule has 3 heteroatoms. The largest absolute Gasteiger partial charge is 0.457 e. The van der Waals surface area contributed by atoms with Gasteiger partial charge in [0, 0.05) is 13.2 Å². The smallest absolute Gasteiger partial charge is 0.130 e. The maximum Gasteiger partial charge on any atom is 0.130 e. The summed E-state index contributed by atoms with van der Waals surface area (Å²) in [5, 5.41) is 12.5. The van der Waals surface area contributed by atoms with Crippen LogP contribution in [0.1, 0.15) is 24.5 Å². The van der Waals surface area contributed by atoms with Crippen LogP contribution in [0.25, 0.3) is 0 Å². The Labute approximate surface area is 126 Å². The molecule has 21 heavy (non-hydrogen) atoms. The van der Waals surface area contributed by atoms with Gasteiger partial charge in [0.2, 0.25) is 0 Å². The fourth-order valence-electron chi connectivity index (χ4n) is 2.14. The van der Waals surface area contributed by atoms with E-state index in [1.807, 2.05) is 36.4 Å². The van der Waals surface area contributed by atoms with Crippen molar-refractivity contribution in [3.05, 3.63) is 59.7 Å². The molecule has 0 saturated heterocycles. The van der Waals surface area contributed by atoms with Gasteiger partial charge in [-0.2, -0.15) is 0 Å². The fourth-order valence-corrected chi connectivity index (χ4v) is 2.14. The van der Waals surface area contributed by atoms with Crippen molar-refractivity contribution in [1.82, 2.24) is 5.32 Å². The Kier molecular flexibility index (Phi) is 6.25. The normalized spacial score (nSPS) is 10.6. The Morgan fingerprint density at radius 1 is 1.05 bits per heavy atom. The first-order valence-corrected chi connectivity index (χ1v) is 7.49. The number of benzene rings is 2. The summed E-state index contributed by atoms with van der Waals surface area (Å²) in [5.41, 5.74) is 2.27. The first-order chi connectivity index (χ1) is 10.3. The highest BCUT2D eigenvalue weighted by atomic mass is 16.5. The van der Waals surface area contributed by atoms with E-state index in [9.17, 15) is 0 Å². The van der Waals surface area contributed by atoms with Crippen molar-refractivity contribution in [2.24, 2.45) is 0 Å². The Balaban J connectivity index is 2.00.